The molecule has 0 bridgehead atoms. The molecule has 0 atom stereocenters. The van der Waals surface area contributed by atoms with E-state index in [2.05, 4.69) is 40.6 Å². The van der Waals surface area contributed by atoms with Gasteiger partial charge in [0.25, 0.3) is 0 Å². The molecule has 1 N–H and O–H groups in total. The molecule has 0 saturated heterocycles. The largest absolute Gasteiger partial charge is 0.302 e. The van der Waals surface area contributed by atoms with Crippen LogP contribution in [-0.4, -0.2) is 16.6 Å². The summed E-state index contributed by atoms with van der Waals surface area (Å²) in [6.45, 7) is 0. The van der Waals surface area contributed by atoms with Gasteiger partial charge in [0.2, 0.25) is 5.91 Å². The number of rotatable bonds is 6. The first kappa shape index (κ1) is 19.0. The lowest BCUT2D eigenvalue weighted by Gasteiger charge is -2.03. The maximum atomic E-state index is 12.2. The fourth-order valence-electron chi connectivity index (χ4n) is 2.79. The summed E-state index contributed by atoms with van der Waals surface area (Å²) in [6.07, 6.45) is 0.429. The van der Waals surface area contributed by atoms with Crippen LogP contribution >= 0.6 is 34.7 Å². The van der Waals surface area contributed by atoms with Gasteiger partial charge in [-0.1, -0.05) is 48.0 Å². The molecule has 4 rings (SSSR count). The SMILES string of the molecule is O=C(CCSc1ccc(Cl)cc1)Nc1nc(-c2ccc3ccccc3c2)cs1. The molecule has 6 heteroatoms. The minimum Gasteiger partial charge on any atom is -0.302 e. The highest BCUT2D eigenvalue weighted by Gasteiger charge is 2.09. The number of nitrogens with zero attached hydrogens (tertiary/aromatic N) is 1. The molecule has 0 radical (unpaired) electrons. The zero-order valence-electron chi connectivity index (χ0n) is 14.9. The van der Waals surface area contributed by atoms with Crippen molar-refractivity contribution < 1.29 is 4.79 Å². The van der Waals surface area contributed by atoms with Crippen LogP contribution in [0.25, 0.3) is 22.0 Å². The molecule has 3 aromatic carbocycles. The number of nitrogens with one attached hydrogen (secondary N) is 1. The Morgan fingerprint density at radius 3 is 2.64 bits per heavy atom. The molecular weight excluding hydrogens is 408 g/mol. The van der Waals surface area contributed by atoms with Crippen molar-refractivity contribution in [2.24, 2.45) is 0 Å². The number of carbonyl (C=O) groups is 1. The second kappa shape index (κ2) is 8.78. The molecule has 140 valence electrons. The molecular formula is C22H17ClN2OS2. The highest BCUT2D eigenvalue weighted by atomic mass is 35.5. The predicted molar refractivity (Wildman–Crippen MR) is 120 cm³/mol. The molecule has 0 aliphatic carbocycles. The van der Waals surface area contributed by atoms with Gasteiger partial charge >= 0.3 is 0 Å². The van der Waals surface area contributed by atoms with E-state index in [0.717, 1.165) is 16.2 Å². The van der Waals surface area contributed by atoms with Gasteiger partial charge in [-0.05, 0) is 41.1 Å². The molecule has 0 spiro atoms. The minimum absolute atomic E-state index is 0.0270. The first-order valence-corrected chi connectivity index (χ1v) is 11.0. The topological polar surface area (TPSA) is 42.0 Å². The number of benzene rings is 3. The Morgan fingerprint density at radius 2 is 1.82 bits per heavy atom. The monoisotopic (exact) mass is 424 g/mol. The van der Waals surface area contributed by atoms with Crippen LogP contribution < -0.4 is 5.32 Å². The van der Waals surface area contributed by atoms with Gasteiger partial charge in [0, 0.05) is 33.0 Å². The average molecular weight is 425 g/mol. The number of hydrogen-bond donors (Lipinski definition) is 1. The van der Waals surface area contributed by atoms with E-state index in [-0.39, 0.29) is 5.91 Å². The first-order chi connectivity index (χ1) is 13.7. The molecule has 4 aromatic rings. The van der Waals surface area contributed by atoms with Crippen molar-refractivity contribution >= 4 is 56.5 Å². The number of halogens is 1. The predicted octanol–water partition coefficient (Wildman–Crippen LogP) is 6.74. The second-order valence-electron chi connectivity index (χ2n) is 6.20. The summed E-state index contributed by atoms with van der Waals surface area (Å²) in [5.74, 6) is 0.678. The zero-order valence-corrected chi connectivity index (χ0v) is 17.3. The van der Waals surface area contributed by atoms with E-state index in [1.807, 2.05) is 41.8 Å². The molecule has 0 fully saturated rings. The van der Waals surface area contributed by atoms with Gasteiger partial charge in [-0.3, -0.25) is 4.79 Å². The van der Waals surface area contributed by atoms with Crippen LogP contribution in [0.3, 0.4) is 0 Å². The smallest absolute Gasteiger partial charge is 0.226 e. The standard InChI is InChI=1S/C22H17ClN2OS2/c23-18-7-9-19(10-8-18)27-12-11-21(26)25-22-24-20(14-28-22)17-6-5-15-3-1-2-4-16(15)13-17/h1-10,13-14H,11-12H2,(H,24,25,26). The molecule has 0 unspecified atom stereocenters. The summed E-state index contributed by atoms with van der Waals surface area (Å²) >= 11 is 8.96. The van der Waals surface area contributed by atoms with Gasteiger partial charge in [-0.2, -0.15) is 0 Å². The Bertz CT molecular complexity index is 1110. The third-order valence-corrected chi connectivity index (χ3v) is 6.23. The first-order valence-electron chi connectivity index (χ1n) is 8.80. The van der Waals surface area contributed by atoms with E-state index in [9.17, 15) is 4.79 Å². The maximum absolute atomic E-state index is 12.2. The van der Waals surface area contributed by atoms with Crippen molar-refractivity contribution in [1.82, 2.24) is 4.98 Å². The normalized spacial score (nSPS) is 10.9. The average Bonchev–Trinajstić information content (AvgIpc) is 3.17. The lowest BCUT2D eigenvalue weighted by atomic mass is 10.1. The van der Waals surface area contributed by atoms with Gasteiger partial charge < -0.3 is 5.32 Å². The van der Waals surface area contributed by atoms with E-state index in [1.54, 1.807) is 11.8 Å². The zero-order chi connectivity index (χ0) is 19.3. The number of fused-ring (bicyclic) bond motifs is 1. The van der Waals surface area contributed by atoms with Gasteiger partial charge in [0.1, 0.15) is 0 Å². The summed E-state index contributed by atoms with van der Waals surface area (Å²) in [7, 11) is 0. The number of carbonyl (C=O) groups excluding carboxylic acids is 1. The van der Waals surface area contributed by atoms with Crippen LogP contribution in [-0.2, 0) is 4.79 Å². The molecule has 0 saturated carbocycles. The fourth-order valence-corrected chi connectivity index (χ4v) is 4.50. The molecule has 0 aliphatic rings. The van der Waals surface area contributed by atoms with Crippen molar-refractivity contribution in [3.63, 3.8) is 0 Å². The van der Waals surface area contributed by atoms with Crippen molar-refractivity contribution in [3.8, 4) is 11.3 Å². The maximum Gasteiger partial charge on any atom is 0.226 e. The Kier molecular flexibility index (Phi) is 5.95. The summed E-state index contributed by atoms with van der Waals surface area (Å²) < 4.78 is 0. The van der Waals surface area contributed by atoms with Crippen LogP contribution in [0.4, 0.5) is 5.13 Å². The van der Waals surface area contributed by atoms with Gasteiger partial charge in [0.15, 0.2) is 5.13 Å². The summed E-state index contributed by atoms with van der Waals surface area (Å²) in [5.41, 5.74) is 1.93. The molecule has 1 heterocycles. The molecule has 28 heavy (non-hydrogen) atoms. The van der Waals surface area contributed by atoms with E-state index in [4.69, 9.17) is 11.6 Å². The molecule has 3 nitrogen and oxygen atoms in total. The van der Waals surface area contributed by atoms with Gasteiger partial charge in [-0.15, -0.1) is 23.1 Å². The number of thiazole rings is 1. The highest BCUT2D eigenvalue weighted by molar-refractivity contribution is 7.99. The Morgan fingerprint density at radius 1 is 1.04 bits per heavy atom. The number of hydrogen-bond acceptors (Lipinski definition) is 4. The molecule has 1 amide bonds. The van der Waals surface area contributed by atoms with Crippen LogP contribution in [0.1, 0.15) is 6.42 Å². The Hall–Kier alpha value is -2.34. The lowest BCUT2D eigenvalue weighted by molar-refractivity contribution is -0.115. The highest BCUT2D eigenvalue weighted by Crippen LogP contribution is 2.28. The van der Waals surface area contributed by atoms with E-state index < -0.39 is 0 Å². The number of anilines is 1. The Balaban J connectivity index is 1.34. The number of thioether (sulfide) groups is 1. The summed E-state index contributed by atoms with van der Waals surface area (Å²) in [5, 5.41) is 8.60. The van der Waals surface area contributed by atoms with Crippen molar-refractivity contribution in [1.29, 1.82) is 0 Å². The Labute approximate surface area is 176 Å². The van der Waals surface area contributed by atoms with Gasteiger partial charge in [0.05, 0.1) is 5.69 Å². The van der Waals surface area contributed by atoms with Crippen LogP contribution in [0.2, 0.25) is 5.02 Å². The van der Waals surface area contributed by atoms with E-state index >= 15 is 0 Å². The lowest BCUT2D eigenvalue weighted by Crippen LogP contribution is -2.11. The summed E-state index contributed by atoms with van der Waals surface area (Å²) in [4.78, 5) is 17.9. The van der Waals surface area contributed by atoms with E-state index in [0.29, 0.717) is 22.3 Å². The second-order valence-corrected chi connectivity index (χ2v) is 8.66. The molecule has 0 aliphatic heterocycles. The van der Waals surface area contributed by atoms with Crippen LogP contribution in [0.15, 0.2) is 77.0 Å². The van der Waals surface area contributed by atoms with Crippen molar-refractivity contribution in [2.75, 3.05) is 11.1 Å². The van der Waals surface area contributed by atoms with Crippen LogP contribution in [0, 0.1) is 0 Å². The van der Waals surface area contributed by atoms with E-state index in [1.165, 1.54) is 22.1 Å². The third-order valence-electron chi connectivity index (χ3n) is 4.21. The van der Waals surface area contributed by atoms with Crippen LogP contribution in [0.5, 0.6) is 0 Å². The third kappa shape index (κ3) is 4.73. The van der Waals surface area contributed by atoms with Crippen molar-refractivity contribution in [3.05, 3.63) is 77.1 Å². The van der Waals surface area contributed by atoms with Crippen molar-refractivity contribution in [2.45, 2.75) is 11.3 Å². The molecule has 1 aromatic heterocycles. The summed E-state index contributed by atoms with van der Waals surface area (Å²) in [6, 6.07) is 22.1. The fraction of sp³-hybridized carbons (Fsp3) is 0.0909. The minimum atomic E-state index is -0.0270. The number of amides is 1. The number of aromatic nitrogens is 1. The van der Waals surface area contributed by atoms with Gasteiger partial charge in [-0.25, -0.2) is 4.98 Å². The quantitative estimate of drug-likeness (QED) is 0.348.